The molecule has 10 heteroatoms. The van der Waals surface area contributed by atoms with Crippen LogP contribution in [0.3, 0.4) is 0 Å². The lowest BCUT2D eigenvalue weighted by Gasteiger charge is -2.34. The summed E-state index contributed by atoms with van der Waals surface area (Å²) in [7, 11) is -2.30. The molecule has 1 unspecified atom stereocenters. The summed E-state index contributed by atoms with van der Waals surface area (Å²) >= 11 is 6.16. The first-order valence-electron chi connectivity index (χ1n) is 13.6. The van der Waals surface area contributed by atoms with E-state index in [0.717, 1.165) is 47.4 Å². The number of nitrogens with one attached hydrogen (secondary N) is 1. The highest BCUT2D eigenvalue weighted by atomic mass is 35.5. The highest BCUT2D eigenvalue weighted by molar-refractivity contribution is 7.92. The van der Waals surface area contributed by atoms with Crippen molar-refractivity contribution in [3.8, 4) is 5.75 Å². The quantitative estimate of drug-likeness (QED) is 0.323. The minimum Gasteiger partial charge on any atom is -0.497 e. The Labute approximate surface area is 247 Å². The van der Waals surface area contributed by atoms with Gasteiger partial charge in [-0.05, 0) is 54.3 Å². The molecule has 4 rings (SSSR count). The Balaban J connectivity index is 1.73. The summed E-state index contributed by atoms with van der Waals surface area (Å²) < 4.78 is 32.2. The van der Waals surface area contributed by atoms with E-state index in [4.69, 9.17) is 16.3 Å². The van der Waals surface area contributed by atoms with Gasteiger partial charge in [0.25, 0.3) is 0 Å². The maximum Gasteiger partial charge on any atom is 0.244 e. The van der Waals surface area contributed by atoms with Crippen molar-refractivity contribution in [2.45, 2.75) is 50.7 Å². The van der Waals surface area contributed by atoms with E-state index in [-0.39, 0.29) is 30.6 Å². The Morgan fingerprint density at radius 2 is 1.66 bits per heavy atom. The molecule has 1 saturated carbocycles. The van der Waals surface area contributed by atoms with Crippen LogP contribution in [0.5, 0.6) is 5.75 Å². The molecule has 8 nitrogen and oxygen atoms in total. The van der Waals surface area contributed by atoms with Crippen molar-refractivity contribution in [1.29, 1.82) is 0 Å². The van der Waals surface area contributed by atoms with Crippen LogP contribution in [-0.4, -0.2) is 57.1 Å². The van der Waals surface area contributed by atoms with Crippen LogP contribution in [-0.2, 0) is 32.6 Å². The van der Waals surface area contributed by atoms with E-state index >= 15 is 0 Å². The average molecular weight is 598 g/mol. The summed E-state index contributed by atoms with van der Waals surface area (Å²) in [5, 5.41) is 3.50. The summed E-state index contributed by atoms with van der Waals surface area (Å²) in [6, 6.07) is 22.3. The van der Waals surface area contributed by atoms with Crippen LogP contribution in [0.15, 0.2) is 78.9 Å². The number of sulfonamides is 1. The van der Waals surface area contributed by atoms with Gasteiger partial charge >= 0.3 is 0 Å². The van der Waals surface area contributed by atoms with Gasteiger partial charge in [-0.2, -0.15) is 0 Å². The highest BCUT2D eigenvalue weighted by Gasteiger charge is 2.34. The van der Waals surface area contributed by atoms with Crippen molar-refractivity contribution in [2.24, 2.45) is 0 Å². The predicted octanol–water partition coefficient (Wildman–Crippen LogP) is 4.81. The summed E-state index contributed by atoms with van der Waals surface area (Å²) in [6.45, 7) is -0.413. The lowest BCUT2D eigenvalue weighted by Crippen LogP contribution is -2.54. The lowest BCUT2D eigenvalue weighted by molar-refractivity contribution is -0.140. The van der Waals surface area contributed by atoms with Crippen LogP contribution in [0, 0.1) is 0 Å². The van der Waals surface area contributed by atoms with E-state index in [2.05, 4.69) is 5.32 Å². The van der Waals surface area contributed by atoms with Crippen molar-refractivity contribution in [3.05, 3.63) is 95.0 Å². The molecular weight excluding hydrogens is 562 g/mol. The molecule has 0 bridgehead atoms. The van der Waals surface area contributed by atoms with Crippen molar-refractivity contribution < 1.29 is 22.7 Å². The Morgan fingerprint density at radius 1 is 0.976 bits per heavy atom. The predicted molar refractivity (Wildman–Crippen MR) is 162 cm³/mol. The number of ether oxygens (including phenoxy) is 1. The molecule has 2 amide bonds. The zero-order valence-corrected chi connectivity index (χ0v) is 24.9. The lowest BCUT2D eigenvalue weighted by atomic mass is 10.0. The van der Waals surface area contributed by atoms with Gasteiger partial charge in [0.1, 0.15) is 18.3 Å². The molecule has 0 spiro atoms. The first kappa shape index (κ1) is 30.4. The van der Waals surface area contributed by atoms with Crippen LogP contribution >= 0.6 is 11.6 Å². The summed E-state index contributed by atoms with van der Waals surface area (Å²) in [4.78, 5) is 29.5. The van der Waals surface area contributed by atoms with Crippen molar-refractivity contribution in [2.75, 3.05) is 24.2 Å². The Kier molecular flexibility index (Phi) is 10.3. The Bertz CT molecular complexity index is 1440. The molecular formula is C31H36ClN3O5S. The number of anilines is 1. The third-order valence-electron chi connectivity index (χ3n) is 7.24. The molecule has 0 aliphatic heterocycles. The van der Waals surface area contributed by atoms with Crippen molar-refractivity contribution >= 4 is 39.1 Å². The van der Waals surface area contributed by atoms with Gasteiger partial charge in [0.2, 0.25) is 21.8 Å². The standard InChI is InChI=1S/C31H36ClN3O5S/c1-40-28-17-8-12-24(18-28)21-34(30(36)22-35(41(2,38)39)27-16-9-13-25(32)20-27)29(19-23-10-4-3-5-11-23)31(37)33-26-14-6-7-15-26/h3-5,8-13,16-18,20,26,29H,6-7,14-15,19,21-22H2,1-2H3,(H,33,37). The number of carbonyl (C=O) groups excluding carboxylic acids is 2. The zero-order chi connectivity index (χ0) is 29.4. The maximum atomic E-state index is 14.2. The molecule has 3 aromatic rings. The number of methoxy groups -OCH3 is 1. The number of rotatable bonds is 12. The number of amides is 2. The van der Waals surface area contributed by atoms with E-state index in [0.29, 0.717) is 10.8 Å². The molecule has 41 heavy (non-hydrogen) atoms. The molecule has 0 heterocycles. The van der Waals surface area contributed by atoms with Gasteiger partial charge in [-0.3, -0.25) is 13.9 Å². The molecule has 0 aromatic heterocycles. The van der Waals surface area contributed by atoms with Gasteiger partial charge in [-0.1, -0.05) is 73.0 Å². The van der Waals surface area contributed by atoms with Crippen molar-refractivity contribution in [3.63, 3.8) is 0 Å². The van der Waals surface area contributed by atoms with Crippen LogP contribution in [0.25, 0.3) is 0 Å². The van der Waals surface area contributed by atoms with Crippen LogP contribution in [0.4, 0.5) is 5.69 Å². The zero-order valence-electron chi connectivity index (χ0n) is 23.3. The van der Waals surface area contributed by atoms with Gasteiger partial charge in [-0.15, -0.1) is 0 Å². The molecule has 1 aliphatic carbocycles. The fourth-order valence-electron chi connectivity index (χ4n) is 5.13. The highest BCUT2D eigenvalue weighted by Crippen LogP contribution is 2.24. The van der Waals surface area contributed by atoms with Crippen molar-refractivity contribution in [1.82, 2.24) is 10.2 Å². The summed E-state index contributed by atoms with van der Waals surface area (Å²) in [5.41, 5.74) is 1.90. The smallest absolute Gasteiger partial charge is 0.244 e. The number of halogens is 1. The minimum absolute atomic E-state index is 0.0496. The largest absolute Gasteiger partial charge is 0.497 e. The molecule has 1 aliphatic rings. The molecule has 1 N–H and O–H groups in total. The molecule has 1 atom stereocenters. The van der Waals surface area contributed by atoms with E-state index < -0.39 is 28.5 Å². The third kappa shape index (κ3) is 8.47. The topological polar surface area (TPSA) is 96.0 Å². The van der Waals surface area contributed by atoms with E-state index in [9.17, 15) is 18.0 Å². The van der Waals surface area contributed by atoms with E-state index in [1.807, 2.05) is 42.5 Å². The maximum absolute atomic E-state index is 14.2. The number of nitrogens with zero attached hydrogens (tertiary/aromatic N) is 2. The average Bonchev–Trinajstić information content (AvgIpc) is 3.46. The molecule has 3 aromatic carbocycles. The first-order chi connectivity index (χ1) is 19.6. The van der Waals surface area contributed by atoms with Gasteiger partial charge in [0, 0.05) is 24.0 Å². The summed E-state index contributed by atoms with van der Waals surface area (Å²) in [6.07, 6.45) is 5.19. The summed E-state index contributed by atoms with van der Waals surface area (Å²) in [5.74, 6) is -0.159. The number of hydrogen-bond donors (Lipinski definition) is 1. The van der Waals surface area contributed by atoms with Gasteiger partial charge in [-0.25, -0.2) is 8.42 Å². The van der Waals surface area contributed by atoms with E-state index in [1.165, 1.54) is 11.0 Å². The second-order valence-electron chi connectivity index (χ2n) is 10.3. The second kappa shape index (κ2) is 13.9. The van der Waals surface area contributed by atoms with Gasteiger partial charge < -0.3 is 15.0 Å². The van der Waals surface area contributed by atoms with Gasteiger partial charge in [0.15, 0.2) is 0 Å². The number of benzene rings is 3. The molecule has 218 valence electrons. The van der Waals surface area contributed by atoms with Crippen LogP contribution in [0.1, 0.15) is 36.8 Å². The van der Waals surface area contributed by atoms with Crippen LogP contribution in [0.2, 0.25) is 5.02 Å². The number of carbonyl (C=O) groups is 2. The normalized spacial score (nSPS) is 14.3. The monoisotopic (exact) mass is 597 g/mol. The Hall–Kier alpha value is -3.56. The number of hydrogen-bond acceptors (Lipinski definition) is 5. The van der Waals surface area contributed by atoms with E-state index in [1.54, 1.807) is 37.4 Å². The third-order valence-corrected chi connectivity index (χ3v) is 8.61. The minimum atomic E-state index is -3.86. The fourth-order valence-corrected chi connectivity index (χ4v) is 6.16. The SMILES string of the molecule is COc1cccc(CN(C(=O)CN(c2cccc(Cl)c2)S(C)(=O)=O)C(Cc2ccccc2)C(=O)NC2CCCC2)c1. The molecule has 1 fully saturated rings. The first-order valence-corrected chi connectivity index (χ1v) is 15.9. The van der Waals surface area contributed by atoms with Gasteiger partial charge in [0.05, 0.1) is 19.1 Å². The fraction of sp³-hybridized carbons (Fsp3) is 0.355. The molecule has 0 saturated heterocycles. The molecule has 0 radical (unpaired) electrons. The Morgan fingerprint density at radius 3 is 2.32 bits per heavy atom. The second-order valence-corrected chi connectivity index (χ2v) is 12.7. The van der Waals surface area contributed by atoms with Crippen LogP contribution < -0.4 is 14.4 Å².